The summed E-state index contributed by atoms with van der Waals surface area (Å²) in [6, 6.07) is 8.38. The molecule has 0 atom stereocenters. The minimum Gasteiger partial charge on any atom is -0.493 e. The van der Waals surface area contributed by atoms with Crippen molar-refractivity contribution in [1.29, 1.82) is 0 Å². The Morgan fingerprint density at radius 2 is 2.00 bits per heavy atom. The monoisotopic (exact) mass is 250 g/mol. The highest BCUT2D eigenvalue weighted by Crippen LogP contribution is 2.42. The van der Waals surface area contributed by atoms with Gasteiger partial charge in [0.2, 0.25) is 0 Å². The van der Waals surface area contributed by atoms with E-state index >= 15 is 0 Å². The van der Waals surface area contributed by atoms with E-state index in [0.29, 0.717) is 11.3 Å². The Labute approximate surface area is 110 Å². The third-order valence-corrected chi connectivity index (χ3v) is 4.50. The van der Waals surface area contributed by atoms with E-state index in [2.05, 4.69) is 50.7 Å². The summed E-state index contributed by atoms with van der Waals surface area (Å²) in [7, 11) is 0. The van der Waals surface area contributed by atoms with Crippen molar-refractivity contribution >= 4 is 12.6 Å². The molecule has 17 heavy (non-hydrogen) atoms. The zero-order valence-corrected chi connectivity index (χ0v) is 11.7. The predicted octanol–water partition coefficient (Wildman–Crippen LogP) is 4.29. The minimum absolute atomic E-state index is 0.340. The van der Waals surface area contributed by atoms with E-state index in [4.69, 9.17) is 4.74 Å². The van der Waals surface area contributed by atoms with Crippen LogP contribution in [0.2, 0.25) is 0 Å². The van der Waals surface area contributed by atoms with Gasteiger partial charge < -0.3 is 4.74 Å². The summed E-state index contributed by atoms with van der Waals surface area (Å²) in [4.78, 5) is 0. The molecule has 0 radical (unpaired) electrons. The van der Waals surface area contributed by atoms with Gasteiger partial charge in [0.25, 0.3) is 0 Å². The van der Waals surface area contributed by atoms with Gasteiger partial charge in [0, 0.05) is 5.41 Å². The summed E-state index contributed by atoms with van der Waals surface area (Å²) in [5.74, 6) is 2.51. The van der Waals surface area contributed by atoms with Gasteiger partial charge in [-0.3, -0.25) is 0 Å². The third-order valence-electron chi connectivity index (χ3n) is 3.82. The largest absolute Gasteiger partial charge is 0.493 e. The van der Waals surface area contributed by atoms with Gasteiger partial charge in [-0.25, -0.2) is 0 Å². The van der Waals surface area contributed by atoms with Crippen LogP contribution in [0.15, 0.2) is 24.3 Å². The van der Waals surface area contributed by atoms with Crippen LogP contribution >= 0.6 is 12.6 Å². The highest BCUT2D eigenvalue weighted by molar-refractivity contribution is 7.80. The molecule has 1 aliphatic carbocycles. The highest BCUT2D eigenvalue weighted by atomic mass is 32.1. The first-order valence-electron chi connectivity index (χ1n) is 6.49. The molecule has 1 nitrogen and oxygen atoms in total. The van der Waals surface area contributed by atoms with Crippen molar-refractivity contribution in [2.45, 2.75) is 39.0 Å². The van der Waals surface area contributed by atoms with E-state index in [0.717, 1.165) is 18.1 Å². The molecule has 1 aromatic carbocycles. The summed E-state index contributed by atoms with van der Waals surface area (Å²) in [6.07, 6.45) is 3.86. The van der Waals surface area contributed by atoms with E-state index < -0.39 is 0 Å². The number of benzene rings is 1. The number of para-hydroxylation sites is 1. The predicted molar refractivity (Wildman–Crippen MR) is 76.2 cm³/mol. The summed E-state index contributed by atoms with van der Waals surface area (Å²) in [6.45, 7) is 5.24. The SMILES string of the molecule is CC(C)c1ccccc1OCC1(CS)CCC1. The zero-order valence-electron chi connectivity index (χ0n) is 10.8. The standard InChI is InChI=1S/C15H22OS/c1-12(2)13-6-3-4-7-14(13)16-10-15(11-17)8-5-9-15/h3-4,6-7,12,17H,5,8-11H2,1-2H3. The van der Waals surface area contributed by atoms with Crippen molar-refractivity contribution in [3.8, 4) is 5.75 Å². The van der Waals surface area contributed by atoms with Gasteiger partial charge in [-0.2, -0.15) is 12.6 Å². The number of thiol groups is 1. The van der Waals surface area contributed by atoms with Crippen LogP contribution in [0.4, 0.5) is 0 Å². The van der Waals surface area contributed by atoms with E-state index in [1.807, 2.05) is 0 Å². The van der Waals surface area contributed by atoms with Gasteiger partial charge in [-0.05, 0) is 36.1 Å². The fourth-order valence-electron chi connectivity index (χ4n) is 2.34. The maximum Gasteiger partial charge on any atom is 0.122 e. The van der Waals surface area contributed by atoms with Gasteiger partial charge in [-0.1, -0.05) is 38.5 Å². The van der Waals surface area contributed by atoms with E-state index in [9.17, 15) is 0 Å². The first kappa shape index (κ1) is 12.8. The maximum absolute atomic E-state index is 6.05. The van der Waals surface area contributed by atoms with Gasteiger partial charge in [0.05, 0.1) is 6.61 Å². The molecule has 0 amide bonds. The molecule has 1 saturated carbocycles. The average Bonchev–Trinajstić information content (AvgIpc) is 2.28. The molecule has 1 aliphatic rings. The summed E-state index contributed by atoms with van der Waals surface area (Å²) in [5.41, 5.74) is 1.65. The average molecular weight is 250 g/mol. The van der Waals surface area contributed by atoms with Crippen molar-refractivity contribution in [2.75, 3.05) is 12.4 Å². The molecule has 0 spiro atoms. The molecule has 0 aromatic heterocycles. The zero-order chi connectivity index (χ0) is 12.3. The van der Waals surface area contributed by atoms with Crippen LogP contribution in [-0.4, -0.2) is 12.4 Å². The van der Waals surface area contributed by atoms with Crippen LogP contribution in [-0.2, 0) is 0 Å². The van der Waals surface area contributed by atoms with Gasteiger partial charge >= 0.3 is 0 Å². The topological polar surface area (TPSA) is 9.23 Å². The second-order valence-electron chi connectivity index (χ2n) is 5.49. The number of hydrogen-bond acceptors (Lipinski definition) is 2. The Hall–Kier alpha value is -0.630. The lowest BCUT2D eigenvalue weighted by molar-refractivity contribution is 0.0822. The molecule has 0 heterocycles. The van der Waals surface area contributed by atoms with Gasteiger partial charge in [0.1, 0.15) is 5.75 Å². The molecule has 0 bridgehead atoms. The first-order chi connectivity index (χ1) is 8.17. The van der Waals surface area contributed by atoms with E-state index in [1.54, 1.807) is 0 Å². The second kappa shape index (κ2) is 5.34. The molecule has 1 aromatic rings. The minimum atomic E-state index is 0.340. The Morgan fingerprint density at radius 3 is 2.53 bits per heavy atom. The smallest absolute Gasteiger partial charge is 0.122 e. The van der Waals surface area contributed by atoms with Gasteiger partial charge in [-0.15, -0.1) is 0 Å². The molecule has 2 heteroatoms. The molecule has 0 N–H and O–H groups in total. The Bertz CT molecular complexity index is 363. The highest BCUT2D eigenvalue weighted by Gasteiger charge is 2.36. The Kier molecular flexibility index (Phi) is 4.03. The quantitative estimate of drug-likeness (QED) is 0.767. The summed E-state index contributed by atoms with van der Waals surface area (Å²) >= 11 is 4.47. The molecule has 94 valence electrons. The van der Waals surface area contributed by atoms with Gasteiger partial charge in [0.15, 0.2) is 0 Å². The van der Waals surface area contributed by atoms with Crippen LogP contribution in [0.5, 0.6) is 5.75 Å². The summed E-state index contributed by atoms with van der Waals surface area (Å²) < 4.78 is 6.05. The molecule has 1 fully saturated rings. The third kappa shape index (κ3) is 2.79. The lowest BCUT2D eigenvalue weighted by Gasteiger charge is -2.40. The second-order valence-corrected chi connectivity index (χ2v) is 5.81. The fraction of sp³-hybridized carbons (Fsp3) is 0.600. The molecular weight excluding hydrogens is 228 g/mol. The van der Waals surface area contributed by atoms with Crippen LogP contribution < -0.4 is 4.74 Å². The number of hydrogen-bond donors (Lipinski definition) is 1. The van der Waals surface area contributed by atoms with Crippen LogP contribution in [0.25, 0.3) is 0 Å². The van der Waals surface area contributed by atoms with Crippen LogP contribution in [0, 0.1) is 5.41 Å². The number of rotatable bonds is 5. The molecule has 0 aliphatic heterocycles. The van der Waals surface area contributed by atoms with Crippen molar-refractivity contribution in [1.82, 2.24) is 0 Å². The lowest BCUT2D eigenvalue weighted by Crippen LogP contribution is -2.37. The normalized spacial score (nSPS) is 17.9. The Morgan fingerprint density at radius 1 is 1.29 bits per heavy atom. The van der Waals surface area contributed by atoms with E-state index in [-0.39, 0.29) is 0 Å². The fourth-order valence-corrected chi connectivity index (χ4v) is 2.75. The van der Waals surface area contributed by atoms with Crippen molar-refractivity contribution in [3.05, 3.63) is 29.8 Å². The molecule has 0 unspecified atom stereocenters. The number of ether oxygens (including phenoxy) is 1. The van der Waals surface area contributed by atoms with E-state index in [1.165, 1.54) is 24.8 Å². The van der Waals surface area contributed by atoms with Crippen LogP contribution in [0.1, 0.15) is 44.6 Å². The first-order valence-corrected chi connectivity index (χ1v) is 7.13. The Balaban J connectivity index is 2.03. The van der Waals surface area contributed by atoms with Crippen molar-refractivity contribution in [3.63, 3.8) is 0 Å². The molecule has 0 saturated heterocycles. The van der Waals surface area contributed by atoms with Crippen molar-refractivity contribution in [2.24, 2.45) is 5.41 Å². The lowest BCUT2D eigenvalue weighted by atomic mass is 9.71. The van der Waals surface area contributed by atoms with Crippen molar-refractivity contribution < 1.29 is 4.74 Å². The maximum atomic E-state index is 6.05. The summed E-state index contributed by atoms with van der Waals surface area (Å²) in [5, 5.41) is 0. The molecular formula is C15H22OS. The molecule has 2 rings (SSSR count). The van der Waals surface area contributed by atoms with Crippen LogP contribution in [0.3, 0.4) is 0 Å².